The molecule has 2 rings (SSSR count). The van der Waals surface area contributed by atoms with E-state index in [2.05, 4.69) is 15.5 Å². The lowest BCUT2D eigenvalue weighted by Crippen LogP contribution is -2.39. The van der Waals surface area contributed by atoms with E-state index in [9.17, 15) is 4.79 Å². The number of carbonyl (C=O) groups excluding carboxylic acids is 1. The summed E-state index contributed by atoms with van der Waals surface area (Å²) in [6.45, 7) is 5.94. The average Bonchev–Trinajstić information content (AvgIpc) is 2.64. The SMILES string of the molecule is COC(CNC(=O)NCCCCN1CCOCC1)c1ccccc1. The van der Waals surface area contributed by atoms with Gasteiger partial charge in [0.25, 0.3) is 0 Å². The van der Waals surface area contributed by atoms with Crippen LogP contribution in [0.4, 0.5) is 4.79 Å². The zero-order valence-electron chi connectivity index (χ0n) is 14.5. The first-order valence-corrected chi connectivity index (χ1v) is 8.69. The summed E-state index contributed by atoms with van der Waals surface area (Å²) in [6, 6.07) is 9.76. The van der Waals surface area contributed by atoms with Crippen molar-refractivity contribution in [3.8, 4) is 0 Å². The van der Waals surface area contributed by atoms with Gasteiger partial charge in [-0.1, -0.05) is 30.3 Å². The summed E-state index contributed by atoms with van der Waals surface area (Å²) >= 11 is 0. The number of hydrogen-bond acceptors (Lipinski definition) is 4. The van der Waals surface area contributed by atoms with Crippen molar-refractivity contribution in [2.45, 2.75) is 18.9 Å². The highest BCUT2D eigenvalue weighted by Gasteiger charge is 2.12. The Hall–Kier alpha value is -1.63. The van der Waals surface area contributed by atoms with E-state index >= 15 is 0 Å². The highest BCUT2D eigenvalue weighted by molar-refractivity contribution is 5.73. The highest BCUT2D eigenvalue weighted by atomic mass is 16.5. The Bertz CT molecular complexity index is 464. The molecule has 134 valence electrons. The lowest BCUT2D eigenvalue weighted by Gasteiger charge is -2.26. The van der Waals surface area contributed by atoms with Gasteiger partial charge in [-0.25, -0.2) is 4.79 Å². The fraction of sp³-hybridized carbons (Fsp3) is 0.611. The van der Waals surface area contributed by atoms with Gasteiger partial charge in [0.1, 0.15) is 0 Å². The number of rotatable bonds is 9. The first kappa shape index (κ1) is 18.7. The van der Waals surface area contributed by atoms with Crippen LogP contribution in [0.2, 0.25) is 0 Å². The van der Waals surface area contributed by atoms with Crippen LogP contribution in [-0.2, 0) is 9.47 Å². The summed E-state index contributed by atoms with van der Waals surface area (Å²) < 4.78 is 10.8. The third kappa shape index (κ3) is 6.86. The van der Waals surface area contributed by atoms with Gasteiger partial charge in [0.05, 0.1) is 19.3 Å². The van der Waals surface area contributed by atoms with Crippen LogP contribution in [0.25, 0.3) is 0 Å². The Kier molecular flexibility index (Phi) is 8.59. The fourth-order valence-corrected chi connectivity index (χ4v) is 2.74. The average molecular weight is 335 g/mol. The standard InChI is InChI=1S/C18H29N3O3/c1-23-17(16-7-3-2-4-8-16)15-20-18(22)19-9-5-6-10-21-11-13-24-14-12-21/h2-4,7-8,17H,5-6,9-15H2,1H3,(H2,19,20,22). The first-order chi connectivity index (χ1) is 11.8. The molecule has 1 aromatic rings. The minimum absolute atomic E-state index is 0.127. The van der Waals surface area contributed by atoms with Crippen LogP contribution >= 0.6 is 0 Å². The number of urea groups is 1. The Morgan fingerprint density at radius 1 is 1.21 bits per heavy atom. The maximum Gasteiger partial charge on any atom is 0.314 e. The van der Waals surface area contributed by atoms with Crippen molar-refractivity contribution in [2.75, 3.05) is 53.0 Å². The number of hydrogen-bond donors (Lipinski definition) is 2. The molecule has 2 N–H and O–H groups in total. The molecule has 2 amide bonds. The molecule has 0 spiro atoms. The van der Waals surface area contributed by atoms with Gasteiger partial charge in [0.2, 0.25) is 0 Å². The number of carbonyl (C=O) groups is 1. The molecule has 1 heterocycles. The third-order valence-corrected chi connectivity index (χ3v) is 4.19. The lowest BCUT2D eigenvalue weighted by molar-refractivity contribution is 0.0372. The van der Waals surface area contributed by atoms with Crippen molar-refractivity contribution in [2.24, 2.45) is 0 Å². The molecule has 0 saturated carbocycles. The van der Waals surface area contributed by atoms with Crippen LogP contribution < -0.4 is 10.6 Å². The second-order valence-corrected chi connectivity index (χ2v) is 5.93. The molecule has 1 aliphatic rings. The van der Waals surface area contributed by atoms with Crippen molar-refractivity contribution < 1.29 is 14.3 Å². The normalized spacial score (nSPS) is 16.5. The van der Waals surface area contributed by atoms with Crippen LogP contribution in [0.15, 0.2) is 30.3 Å². The quantitative estimate of drug-likeness (QED) is 0.676. The fourth-order valence-electron chi connectivity index (χ4n) is 2.74. The van der Waals surface area contributed by atoms with Gasteiger partial charge in [0, 0.05) is 33.3 Å². The smallest absolute Gasteiger partial charge is 0.314 e. The third-order valence-electron chi connectivity index (χ3n) is 4.19. The zero-order chi connectivity index (χ0) is 17.0. The lowest BCUT2D eigenvalue weighted by atomic mass is 10.1. The summed E-state index contributed by atoms with van der Waals surface area (Å²) in [5.41, 5.74) is 1.06. The molecule has 24 heavy (non-hydrogen) atoms. The molecule has 1 atom stereocenters. The van der Waals surface area contributed by atoms with Crippen molar-refractivity contribution in [1.82, 2.24) is 15.5 Å². The Morgan fingerprint density at radius 3 is 2.67 bits per heavy atom. The molecule has 6 heteroatoms. The molecule has 0 aliphatic carbocycles. The van der Waals surface area contributed by atoms with E-state index in [0.29, 0.717) is 13.1 Å². The maximum atomic E-state index is 11.9. The van der Waals surface area contributed by atoms with Crippen LogP contribution in [0.1, 0.15) is 24.5 Å². The van der Waals surface area contributed by atoms with E-state index in [4.69, 9.17) is 9.47 Å². The molecule has 1 aromatic carbocycles. The van der Waals surface area contributed by atoms with Gasteiger partial charge in [-0.2, -0.15) is 0 Å². The molecular weight excluding hydrogens is 306 g/mol. The van der Waals surface area contributed by atoms with Crippen LogP contribution in [-0.4, -0.2) is 64.0 Å². The van der Waals surface area contributed by atoms with E-state index in [1.165, 1.54) is 0 Å². The molecule has 1 aliphatic heterocycles. The summed E-state index contributed by atoms with van der Waals surface area (Å²) in [5.74, 6) is 0. The molecular formula is C18H29N3O3. The monoisotopic (exact) mass is 335 g/mol. The van der Waals surface area contributed by atoms with Crippen molar-refractivity contribution >= 4 is 6.03 Å². The summed E-state index contributed by atoms with van der Waals surface area (Å²) in [6.07, 6.45) is 1.94. The highest BCUT2D eigenvalue weighted by Crippen LogP contribution is 2.14. The molecule has 1 fully saturated rings. The van der Waals surface area contributed by atoms with Crippen LogP contribution in [0, 0.1) is 0 Å². The molecule has 0 aromatic heterocycles. The molecule has 6 nitrogen and oxygen atoms in total. The van der Waals surface area contributed by atoms with Crippen LogP contribution in [0.3, 0.4) is 0 Å². The second-order valence-electron chi connectivity index (χ2n) is 5.93. The maximum absolute atomic E-state index is 11.9. The number of benzene rings is 1. The minimum atomic E-state index is -0.139. The number of nitrogens with zero attached hydrogens (tertiary/aromatic N) is 1. The van der Waals surface area contributed by atoms with Gasteiger partial charge in [-0.05, 0) is 24.9 Å². The number of ether oxygens (including phenoxy) is 2. The van der Waals surface area contributed by atoms with E-state index in [0.717, 1.165) is 51.3 Å². The van der Waals surface area contributed by atoms with Gasteiger partial charge in [0.15, 0.2) is 0 Å². The number of morpholine rings is 1. The Morgan fingerprint density at radius 2 is 1.96 bits per heavy atom. The minimum Gasteiger partial charge on any atom is -0.379 e. The van der Waals surface area contributed by atoms with Gasteiger partial charge >= 0.3 is 6.03 Å². The van der Waals surface area contributed by atoms with Crippen molar-refractivity contribution in [3.63, 3.8) is 0 Å². The van der Waals surface area contributed by atoms with Crippen LogP contribution in [0.5, 0.6) is 0 Å². The Labute approximate surface area is 144 Å². The molecule has 1 saturated heterocycles. The van der Waals surface area contributed by atoms with Gasteiger partial charge in [-0.15, -0.1) is 0 Å². The van der Waals surface area contributed by atoms with E-state index in [1.807, 2.05) is 30.3 Å². The number of unbranched alkanes of at least 4 members (excludes halogenated alkanes) is 1. The summed E-state index contributed by atoms with van der Waals surface area (Å²) in [7, 11) is 1.66. The first-order valence-electron chi connectivity index (χ1n) is 8.69. The number of nitrogens with one attached hydrogen (secondary N) is 2. The van der Waals surface area contributed by atoms with E-state index in [-0.39, 0.29) is 12.1 Å². The van der Waals surface area contributed by atoms with Crippen molar-refractivity contribution in [1.29, 1.82) is 0 Å². The summed E-state index contributed by atoms with van der Waals surface area (Å²) in [4.78, 5) is 14.3. The molecule has 0 bridgehead atoms. The Balaban J connectivity index is 1.54. The van der Waals surface area contributed by atoms with E-state index < -0.39 is 0 Å². The zero-order valence-corrected chi connectivity index (χ0v) is 14.5. The van der Waals surface area contributed by atoms with E-state index in [1.54, 1.807) is 7.11 Å². The predicted octanol–water partition coefficient (Wildman–Crippen LogP) is 1.79. The van der Waals surface area contributed by atoms with Gasteiger partial charge < -0.3 is 20.1 Å². The predicted molar refractivity (Wildman–Crippen MR) is 94.1 cm³/mol. The van der Waals surface area contributed by atoms with Crippen molar-refractivity contribution in [3.05, 3.63) is 35.9 Å². The largest absolute Gasteiger partial charge is 0.379 e. The topological polar surface area (TPSA) is 62.8 Å². The number of methoxy groups -OCH3 is 1. The molecule has 1 unspecified atom stereocenters. The summed E-state index contributed by atoms with van der Waals surface area (Å²) in [5, 5.41) is 5.77. The molecule has 0 radical (unpaired) electrons. The second kappa shape index (κ2) is 11.0. The van der Waals surface area contributed by atoms with Gasteiger partial charge in [-0.3, -0.25) is 4.90 Å². The number of amides is 2.